The van der Waals surface area contributed by atoms with Gasteiger partial charge in [0.25, 0.3) is 0 Å². The van der Waals surface area contributed by atoms with Crippen LogP contribution < -0.4 is 11.1 Å². The lowest BCUT2D eigenvalue weighted by Gasteiger charge is -2.23. The molecule has 0 aromatic carbocycles. The molecule has 0 aliphatic heterocycles. The molecule has 13 heavy (non-hydrogen) atoms. The molecule has 72 valence electrons. The van der Waals surface area contributed by atoms with E-state index in [4.69, 9.17) is 11.0 Å². The van der Waals surface area contributed by atoms with Crippen molar-refractivity contribution in [1.29, 1.82) is 5.26 Å². The molecular formula is C9H15N3O. The maximum atomic E-state index is 10.5. The molecule has 0 aromatic rings. The summed E-state index contributed by atoms with van der Waals surface area (Å²) in [7, 11) is 0. The summed E-state index contributed by atoms with van der Waals surface area (Å²) in [6.45, 7) is 4.52. The molecule has 4 heteroatoms. The van der Waals surface area contributed by atoms with Crippen molar-refractivity contribution in [2.45, 2.75) is 25.8 Å². The Bertz CT molecular complexity index is 242. The molecule has 0 bridgehead atoms. The van der Waals surface area contributed by atoms with Gasteiger partial charge < -0.3 is 11.1 Å². The van der Waals surface area contributed by atoms with E-state index >= 15 is 0 Å². The van der Waals surface area contributed by atoms with Crippen LogP contribution in [-0.2, 0) is 4.79 Å². The Hall–Kier alpha value is -1.34. The number of carbonyl (C=O) groups excluding carboxylic acids is 1. The van der Waals surface area contributed by atoms with Gasteiger partial charge >= 0.3 is 0 Å². The molecule has 0 aromatic heterocycles. The van der Waals surface area contributed by atoms with Crippen molar-refractivity contribution in [3.05, 3.63) is 12.2 Å². The highest BCUT2D eigenvalue weighted by Crippen LogP contribution is 2.10. The van der Waals surface area contributed by atoms with Crippen molar-refractivity contribution in [2.24, 2.45) is 5.73 Å². The average Bonchev–Trinajstić information content (AvgIpc) is 2.02. The zero-order valence-electron chi connectivity index (χ0n) is 8.00. The smallest absolute Gasteiger partial charge is 0.241 e. The van der Waals surface area contributed by atoms with E-state index in [2.05, 4.69) is 11.4 Å². The summed E-state index contributed by atoms with van der Waals surface area (Å²) in [6.07, 6.45) is 3.21. The lowest BCUT2D eigenvalue weighted by molar-refractivity contribution is -0.113. The monoisotopic (exact) mass is 181 g/mol. The number of nitrogens with one attached hydrogen (secondary N) is 1. The first-order valence-corrected chi connectivity index (χ1v) is 4.14. The number of nitrogens with two attached hydrogens (primary N) is 1. The number of hydrogen-bond acceptors (Lipinski definition) is 3. The summed E-state index contributed by atoms with van der Waals surface area (Å²) in [5.41, 5.74) is 4.50. The second kappa shape index (κ2) is 5.33. The second-order valence-corrected chi connectivity index (χ2v) is 3.02. The Kier molecular flexibility index (Phi) is 4.78. The predicted molar refractivity (Wildman–Crippen MR) is 50.6 cm³/mol. The van der Waals surface area contributed by atoms with Crippen molar-refractivity contribution in [1.82, 2.24) is 5.32 Å². The topological polar surface area (TPSA) is 78.9 Å². The van der Waals surface area contributed by atoms with Crippen LogP contribution in [0.5, 0.6) is 0 Å². The Morgan fingerprint density at radius 1 is 1.77 bits per heavy atom. The van der Waals surface area contributed by atoms with Crippen LogP contribution in [0.3, 0.4) is 0 Å². The summed E-state index contributed by atoms with van der Waals surface area (Å²) in [4.78, 5) is 10.5. The van der Waals surface area contributed by atoms with Crippen LogP contribution in [0.1, 0.15) is 20.3 Å². The molecule has 4 nitrogen and oxygen atoms in total. The molecule has 1 atom stereocenters. The van der Waals surface area contributed by atoms with Gasteiger partial charge in [-0.05, 0) is 13.5 Å². The Balaban J connectivity index is 4.41. The van der Waals surface area contributed by atoms with Crippen LogP contribution >= 0.6 is 0 Å². The molecular weight excluding hydrogens is 166 g/mol. The Labute approximate surface area is 78.4 Å². The third-order valence-electron chi connectivity index (χ3n) is 1.64. The van der Waals surface area contributed by atoms with Gasteiger partial charge in [-0.3, -0.25) is 4.79 Å². The first-order valence-electron chi connectivity index (χ1n) is 4.14. The van der Waals surface area contributed by atoms with Crippen molar-refractivity contribution < 1.29 is 4.79 Å². The third-order valence-corrected chi connectivity index (χ3v) is 1.64. The highest BCUT2D eigenvalue weighted by molar-refractivity contribution is 5.85. The van der Waals surface area contributed by atoms with Crippen LogP contribution in [0.15, 0.2) is 12.2 Å². The van der Waals surface area contributed by atoms with Crippen molar-refractivity contribution in [3.8, 4) is 6.07 Å². The number of primary amides is 1. The highest BCUT2D eigenvalue weighted by atomic mass is 16.1. The number of amides is 1. The van der Waals surface area contributed by atoms with Crippen molar-refractivity contribution in [3.63, 3.8) is 0 Å². The van der Waals surface area contributed by atoms with Gasteiger partial charge in [-0.25, -0.2) is 0 Å². The summed E-state index contributed by atoms with van der Waals surface area (Å²) >= 11 is 0. The van der Waals surface area contributed by atoms with Gasteiger partial charge in [0.1, 0.15) is 0 Å². The zero-order chi connectivity index (χ0) is 10.3. The maximum absolute atomic E-state index is 10.5. The van der Waals surface area contributed by atoms with E-state index in [0.29, 0.717) is 6.42 Å². The van der Waals surface area contributed by atoms with Gasteiger partial charge in [-0.15, -0.1) is 0 Å². The molecule has 0 rings (SSSR count). The Morgan fingerprint density at radius 3 is 2.77 bits per heavy atom. The molecule has 0 aliphatic carbocycles. The molecule has 3 N–H and O–H groups in total. The fraction of sp³-hybridized carbons (Fsp3) is 0.556. The standard InChI is InChI=1S/C9H15N3O/c1-3-12-9(2,6-7-10)5-4-8(11)13/h4-5,12H,3,6H2,1-2H3,(H2,11,13). The number of nitriles is 1. The summed E-state index contributed by atoms with van der Waals surface area (Å²) < 4.78 is 0. The van der Waals surface area contributed by atoms with Gasteiger partial charge in [0.15, 0.2) is 0 Å². The average molecular weight is 181 g/mol. The molecule has 1 amide bonds. The highest BCUT2D eigenvalue weighted by Gasteiger charge is 2.18. The van der Waals surface area contributed by atoms with E-state index in [1.807, 2.05) is 13.8 Å². The SMILES string of the molecule is CCNC(C)(C=CC(N)=O)CC#N. The van der Waals surface area contributed by atoms with E-state index in [1.165, 1.54) is 6.08 Å². The van der Waals surface area contributed by atoms with Gasteiger partial charge in [0.05, 0.1) is 12.5 Å². The van der Waals surface area contributed by atoms with Crippen molar-refractivity contribution >= 4 is 5.91 Å². The summed E-state index contributed by atoms with van der Waals surface area (Å²) in [6, 6.07) is 2.05. The molecule has 1 unspecified atom stereocenters. The van der Waals surface area contributed by atoms with E-state index in [9.17, 15) is 4.79 Å². The minimum absolute atomic E-state index is 0.310. The van der Waals surface area contributed by atoms with E-state index in [1.54, 1.807) is 6.08 Å². The largest absolute Gasteiger partial charge is 0.366 e. The van der Waals surface area contributed by atoms with Crippen molar-refractivity contribution in [2.75, 3.05) is 6.54 Å². The van der Waals surface area contributed by atoms with Gasteiger partial charge in [-0.2, -0.15) is 5.26 Å². The number of rotatable bonds is 5. The van der Waals surface area contributed by atoms with Gasteiger partial charge in [-0.1, -0.05) is 13.0 Å². The molecule has 0 radical (unpaired) electrons. The summed E-state index contributed by atoms with van der Waals surface area (Å²) in [5, 5.41) is 11.7. The molecule has 0 saturated carbocycles. The number of nitrogens with zero attached hydrogens (tertiary/aromatic N) is 1. The van der Waals surface area contributed by atoms with E-state index in [0.717, 1.165) is 6.54 Å². The second-order valence-electron chi connectivity index (χ2n) is 3.02. The molecule has 0 heterocycles. The van der Waals surface area contributed by atoms with Crippen LogP contribution in [-0.4, -0.2) is 18.0 Å². The zero-order valence-corrected chi connectivity index (χ0v) is 8.00. The lowest BCUT2D eigenvalue weighted by Crippen LogP contribution is -2.40. The van der Waals surface area contributed by atoms with Gasteiger partial charge in [0.2, 0.25) is 5.91 Å². The van der Waals surface area contributed by atoms with E-state index in [-0.39, 0.29) is 0 Å². The minimum Gasteiger partial charge on any atom is -0.366 e. The predicted octanol–water partition coefficient (Wildman–Crippen LogP) is 0.310. The first kappa shape index (κ1) is 11.7. The van der Waals surface area contributed by atoms with Crippen LogP contribution in [0, 0.1) is 11.3 Å². The third kappa shape index (κ3) is 4.99. The maximum Gasteiger partial charge on any atom is 0.241 e. The minimum atomic E-state index is -0.498. The lowest BCUT2D eigenvalue weighted by atomic mass is 9.98. The number of carbonyl (C=O) groups is 1. The molecule has 0 saturated heterocycles. The van der Waals surface area contributed by atoms with Crippen LogP contribution in [0.2, 0.25) is 0 Å². The first-order chi connectivity index (χ1) is 6.04. The van der Waals surface area contributed by atoms with Crippen LogP contribution in [0.25, 0.3) is 0 Å². The number of likely N-dealkylation sites (N-methyl/N-ethyl adjacent to an activating group) is 1. The van der Waals surface area contributed by atoms with E-state index < -0.39 is 11.4 Å². The molecule has 0 aliphatic rings. The molecule has 0 fully saturated rings. The Morgan fingerprint density at radius 2 is 2.38 bits per heavy atom. The quantitative estimate of drug-likeness (QED) is 0.599. The summed E-state index contributed by atoms with van der Waals surface area (Å²) in [5.74, 6) is -0.498. The van der Waals surface area contributed by atoms with Gasteiger partial charge in [0, 0.05) is 11.6 Å². The fourth-order valence-corrected chi connectivity index (χ4v) is 1.01. The number of hydrogen-bond donors (Lipinski definition) is 2. The normalized spacial score (nSPS) is 15.2. The molecule has 0 spiro atoms. The fourth-order valence-electron chi connectivity index (χ4n) is 1.01. The van der Waals surface area contributed by atoms with Crippen LogP contribution in [0.4, 0.5) is 0 Å².